The van der Waals surface area contributed by atoms with Crippen LogP contribution in [0.15, 0.2) is 28.9 Å². The van der Waals surface area contributed by atoms with E-state index in [1.54, 1.807) is 6.20 Å². The summed E-state index contributed by atoms with van der Waals surface area (Å²) in [7, 11) is 0. The second-order valence-electron chi connectivity index (χ2n) is 3.46. The van der Waals surface area contributed by atoms with Gasteiger partial charge in [-0.05, 0) is 17.7 Å². The standard InChI is InChI=1S/C11H10N2O3/c12-11-8(6-13-16-11)7-1-2-9-10(5-7)15-4-3-14-9/h1-2,5-6H,3-4,12H2. The number of rotatable bonds is 1. The lowest BCUT2D eigenvalue weighted by Gasteiger charge is -2.18. The van der Waals surface area contributed by atoms with E-state index in [0.717, 1.165) is 22.6 Å². The van der Waals surface area contributed by atoms with Crippen LogP contribution in [0.3, 0.4) is 0 Å². The fourth-order valence-electron chi connectivity index (χ4n) is 1.68. The molecule has 0 bridgehead atoms. The van der Waals surface area contributed by atoms with Crippen molar-refractivity contribution in [3.05, 3.63) is 24.4 Å². The maximum Gasteiger partial charge on any atom is 0.229 e. The van der Waals surface area contributed by atoms with Gasteiger partial charge in [-0.25, -0.2) is 0 Å². The van der Waals surface area contributed by atoms with Gasteiger partial charge in [-0.1, -0.05) is 11.2 Å². The fourth-order valence-corrected chi connectivity index (χ4v) is 1.68. The second-order valence-corrected chi connectivity index (χ2v) is 3.46. The second kappa shape index (κ2) is 3.44. The van der Waals surface area contributed by atoms with Crippen LogP contribution in [-0.4, -0.2) is 18.4 Å². The van der Waals surface area contributed by atoms with Crippen molar-refractivity contribution in [2.75, 3.05) is 18.9 Å². The maximum atomic E-state index is 5.65. The summed E-state index contributed by atoms with van der Waals surface area (Å²) in [4.78, 5) is 0. The van der Waals surface area contributed by atoms with Crippen LogP contribution in [0.25, 0.3) is 11.1 Å². The number of hydrogen-bond donors (Lipinski definition) is 1. The Hall–Kier alpha value is -2.17. The summed E-state index contributed by atoms with van der Waals surface area (Å²) in [6.45, 7) is 1.15. The molecule has 1 aromatic carbocycles. The van der Waals surface area contributed by atoms with Gasteiger partial charge in [0.15, 0.2) is 11.5 Å². The molecule has 0 spiro atoms. The quantitative estimate of drug-likeness (QED) is 0.788. The van der Waals surface area contributed by atoms with Gasteiger partial charge in [-0.15, -0.1) is 0 Å². The Balaban J connectivity index is 2.06. The molecular weight excluding hydrogens is 208 g/mol. The lowest BCUT2D eigenvalue weighted by atomic mass is 10.1. The number of nitrogen functional groups attached to an aromatic ring is 1. The first-order valence-electron chi connectivity index (χ1n) is 4.95. The molecule has 5 nitrogen and oxygen atoms in total. The molecule has 0 aliphatic carbocycles. The Morgan fingerprint density at radius 1 is 1.12 bits per heavy atom. The predicted octanol–water partition coefficient (Wildman–Crippen LogP) is 1.69. The monoisotopic (exact) mass is 218 g/mol. The van der Waals surface area contributed by atoms with E-state index in [2.05, 4.69) is 5.16 Å². The Morgan fingerprint density at radius 3 is 2.69 bits per heavy atom. The third kappa shape index (κ3) is 1.37. The summed E-state index contributed by atoms with van der Waals surface area (Å²) >= 11 is 0. The van der Waals surface area contributed by atoms with Crippen molar-refractivity contribution in [3.8, 4) is 22.6 Å². The van der Waals surface area contributed by atoms with E-state index >= 15 is 0 Å². The molecule has 0 amide bonds. The molecule has 2 N–H and O–H groups in total. The first kappa shape index (κ1) is 9.08. The lowest BCUT2D eigenvalue weighted by molar-refractivity contribution is 0.171. The number of nitrogens with zero attached hydrogens (tertiary/aromatic N) is 1. The number of hydrogen-bond acceptors (Lipinski definition) is 5. The van der Waals surface area contributed by atoms with Crippen LogP contribution in [0.5, 0.6) is 11.5 Å². The molecule has 5 heteroatoms. The van der Waals surface area contributed by atoms with Crippen LogP contribution in [0, 0.1) is 0 Å². The molecular formula is C11H10N2O3. The number of nitrogens with two attached hydrogens (primary N) is 1. The largest absolute Gasteiger partial charge is 0.486 e. The molecule has 0 fully saturated rings. The van der Waals surface area contributed by atoms with Gasteiger partial charge in [-0.2, -0.15) is 0 Å². The molecule has 1 aliphatic rings. The number of ether oxygens (including phenoxy) is 2. The van der Waals surface area contributed by atoms with Gasteiger partial charge in [0.05, 0.1) is 11.8 Å². The third-order valence-electron chi connectivity index (χ3n) is 2.45. The van der Waals surface area contributed by atoms with Crippen LogP contribution in [-0.2, 0) is 0 Å². The average molecular weight is 218 g/mol. The molecule has 0 radical (unpaired) electrons. The number of anilines is 1. The first-order valence-corrected chi connectivity index (χ1v) is 4.95. The van der Waals surface area contributed by atoms with E-state index in [1.165, 1.54) is 0 Å². The van der Waals surface area contributed by atoms with Crippen molar-refractivity contribution < 1.29 is 14.0 Å². The van der Waals surface area contributed by atoms with Crippen LogP contribution in [0.2, 0.25) is 0 Å². The predicted molar refractivity (Wildman–Crippen MR) is 57.3 cm³/mol. The Kier molecular flexibility index (Phi) is 1.96. The number of benzene rings is 1. The van der Waals surface area contributed by atoms with E-state index in [1.807, 2.05) is 18.2 Å². The highest BCUT2D eigenvalue weighted by molar-refractivity contribution is 5.74. The van der Waals surface area contributed by atoms with Crippen LogP contribution in [0.4, 0.5) is 5.88 Å². The summed E-state index contributed by atoms with van der Waals surface area (Å²) in [6.07, 6.45) is 1.58. The summed E-state index contributed by atoms with van der Waals surface area (Å²) in [5, 5.41) is 3.64. The van der Waals surface area contributed by atoms with E-state index in [9.17, 15) is 0 Å². The van der Waals surface area contributed by atoms with E-state index < -0.39 is 0 Å². The molecule has 1 aromatic heterocycles. The van der Waals surface area contributed by atoms with Gasteiger partial charge in [0.25, 0.3) is 0 Å². The summed E-state index contributed by atoms with van der Waals surface area (Å²) in [6, 6.07) is 5.63. The van der Waals surface area contributed by atoms with Crippen LogP contribution >= 0.6 is 0 Å². The number of fused-ring (bicyclic) bond motifs is 1. The van der Waals surface area contributed by atoms with Crippen molar-refractivity contribution in [1.82, 2.24) is 5.16 Å². The zero-order chi connectivity index (χ0) is 11.0. The molecule has 2 heterocycles. The fraction of sp³-hybridized carbons (Fsp3) is 0.182. The van der Waals surface area contributed by atoms with Gasteiger partial charge in [0.1, 0.15) is 13.2 Å². The normalized spacial score (nSPS) is 13.8. The van der Waals surface area contributed by atoms with Crippen molar-refractivity contribution in [2.45, 2.75) is 0 Å². The average Bonchev–Trinajstić information content (AvgIpc) is 2.75. The summed E-state index contributed by atoms with van der Waals surface area (Å²) in [5.41, 5.74) is 7.31. The molecule has 0 atom stereocenters. The minimum absolute atomic E-state index is 0.302. The van der Waals surface area contributed by atoms with E-state index in [-0.39, 0.29) is 0 Å². The van der Waals surface area contributed by atoms with Crippen LogP contribution in [0.1, 0.15) is 0 Å². The Morgan fingerprint density at radius 2 is 1.94 bits per heavy atom. The van der Waals surface area contributed by atoms with Gasteiger partial charge in [0.2, 0.25) is 5.88 Å². The van der Waals surface area contributed by atoms with E-state index in [4.69, 9.17) is 19.7 Å². The van der Waals surface area contributed by atoms with Crippen molar-refractivity contribution in [3.63, 3.8) is 0 Å². The molecule has 3 rings (SSSR count). The molecule has 0 saturated heterocycles. The van der Waals surface area contributed by atoms with Crippen molar-refractivity contribution >= 4 is 5.88 Å². The highest BCUT2D eigenvalue weighted by Gasteiger charge is 2.14. The van der Waals surface area contributed by atoms with Gasteiger partial charge in [0, 0.05) is 0 Å². The summed E-state index contributed by atoms with van der Waals surface area (Å²) < 4.78 is 15.7. The SMILES string of the molecule is Nc1oncc1-c1ccc2c(c1)OCCO2. The Labute approximate surface area is 91.7 Å². The zero-order valence-electron chi connectivity index (χ0n) is 8.47. The third-order valence-corrected chi connectivity index (χ3v) is 2.45. The minimum atomic E-state index is 0.302. The molecule has 2 aromatic rings. The van der Waals surface area contributed by atoms with Crippen molar-refractivity contribution in [2.24, 2.45) is 0 Å². The van der Waals surface area contributed by atoms with Crippen molar-refractivity contribution in [1.29, 1.82) is 0 Å². The van der Waals surface area contributed by atoms with Gasteiger partial charge in [-0.3, -0.25) is 0 Å². The maximum absolute atomic E-state index is 5.65. The van der Waals surface area contributed by atoms with E-state index in [0.29, 0.717) is 19.1 Å². The molecule has 82 valence electrons. The van der Waals surface area contributed by atoms with Gasteiger partial charge < -0.3 is 19.7 Å². The lowest BCUT2D eigenvalue weighted by Crippen LogP contribution is -2.15. The van der Waals surface area contributed by atoms with Gasteiger partial charge >= 0.3 is 0 Å². The first-order chi connectivity index (χ1) is 7.84. The molecule has 0 saturated carbocycles. The minimum Gasteiger partial charge on any atom is -0.486 e. The molecule has 0 unspecified atom stereocenters. The highest BCUT2D eigenvalue weighted by atomic mass is 16.6. The highest BCUT2D eigenvalue weighted by Crippen LogP contribution is 2.35. The zero-order valence-corrected chi connectivity index (χ0v) is 8.47. The topological polar surface area (TPSA) is 70.5 Å². The van der Waals surface area contributed by atoms with Crippen LogP contribution < -0.4 is 15.2 Å². The Bertz CT molecular complexity index is 522. The molecule has 1 aliphatic heterocycles. The molecule has 16 heavy (non-hydrogen) atoms. The number of aromatic nitrogens is 1. The summed E-state index contributed by atoms with van der Waals surface area (Å²) in [5.74, 6) is 1.78. The smallest absolute Gasteiger partial charge is 0.229 e.